The first-order valence-corrected chi connectivity index (χ1v) is 6.25. The van der Waals surface area contributed by atoms with E-state index in [-0.39, 0.29) is 5.97 Å². The molecule has 0 aromatic heterocycles. The summed E-state index contributed by atoms with van der Waals surface area (Å²) in [5, 5.41) is 2.28. The van der Waals surface area contributed by atoms with Crippen LogP contribution in [-0.4, -0.2) is 13.1 Å². The summed E-state index contributed by atoms with van der Waals surface area (Å²) in [7, 11) is 1.41. The zero-order chi connectivity index (χ0) is 12.8. The molecule has 1 saturated carbocycles. The van der Waals surface area contributed by atoms with Crippen molar-refractivity contribution in [1.29, 1.82) is 0 Å². The number of rotatable bonds is 2. The van der Waals surface area contributed by atoms with Gasteiger partial charge < -0.3 is 4.74 Å². The van der Waals surface area contributed by atoms with Crippen LogP contribution in [0.2, 0.25) is 0 Å². The van der Waals surface area contributed by atoms with Crippen LogP contribution in [0.25, 0.3) is 10.8 Å². The van der Waals surface area contributed by atoms with Crippen molar-refractivity contribution in [3.63, 3.8) is 0 Å². The summed E-state index contributed by atoms with van der Waals surface area (Å²) in [5.74, 6) is -0.282. The molecule has 0 aliphatic heterocycles. The maximum Gasteiger partial charge on any atom is 0.337 e. The minimum atomic E-state index is -0.282. The largest absolute Gasteiger partial charge is 0.465 e. The minimum Gasteiger partial charge on any atom is -0.465 e. The molecule has 0 saturated heterocycles. The number of carbonyl (C=O) groups excluding carboxylic acids is 1. The predicted octanol–water partition coefficient (Wildman–Crippen LogP) is 3.68. The average molecular weight is 240 g/mol. The Morgan fingerprint density at radius 1 is 1.11 bits per heavy atom. The second-order valence-electron chi connectivity index (χ2n) is 5.33. The number of hydrogen-bond acceptors (Lipinski definition) is 2. The van der Waals surface area contributed by atoms with Crippen molar-refractivity contribution in [2.24, 2.45) is 0 Å². The van der Waals surface area contributed by atoms with E-state index < -0.39 is 0 Å². The molecule has 1 aliphatic rings. The highest BCUT2D eigenvalue weighted by atomic mass is 16.5. The van der Waals surface area contributed by atoms with Crippen LogP contribution in [0.5, 0.6) is 0 Å². The molecule has 3 rings (SSSR count). The van der Waals surface area contributed by atoms with E-state index >= 15 is 0 Å². The van der Waals surface area contributed by atoms with Gasteiger partial charge in [0.2, 0.25) is 0 Å². The molecule has 0 radical (unpaired) electrons. The first-order chi connectivity index (χ1) is 8.62. The fraction of sp³-hybridized carbons (Fsp3) is 0.312. The number of fused-ring (bicyclic) bond motifs is 1. The van der Waals surface area contributed by atoms with Crippen LogP contribution >= 0.6 is 0 Å². The average Bonchev–Trinajstić information content (AvgIpc) is 3.16. The Morgan fingerprint density at radius 2 is 1.78 bits per heavy atom. The van der Waals surface area contributed by atoms with E-state index in [9.17, 15) is 4.79 Å². The first kappa shape index (κ1) is 11.3. The van der Waals surface area contributed by atoms with Gasteiger partial charge >= 0.3 is 5.97 Å². The second-order valence-corrected chi connectivity index (χ2v) is 5.33. The molecule has 0 heterocycles. The lowest BCUT2D eigenvalue weighted by atomic mass is 9.95. The maximum absolute atomic E-state index is 11.5. The summed E-state index contributed by atoms with van der Waals surface area (Å²) in [5.41, 5.74) is 2.39. The summed E-state index contributed by atoms with van der Waals surface area (Å²) in [6.07, 6.45) is 2.55. The van der Waals surface area contributed by atoms with E-state index in [0.717, 1.165) is 5.39 Å². The Labute approximate surface area is 107 Å². The van der Waals surface area contributed by atoms with Crippen molar-refractivity contribution in [2.45, 2.75) is 25.2 Å². The van der Waals surface area contributed by atoms with Crippen LogP contribution < -0.4 is 0 Å². The molecule has 2 aromatic rings. The Morgan fingerprint density at radius 3 is 2.44 bits per heavy atom. The third-order valence-electron chi connectivity index (χ3n) is 3.96. The van der Waals surface area contributed by atoms with Crippen LogP contribution in [-0.2, 0) is 10.2 Å². The van der Waals surface area contributed by atoms with Crippen LogP contribution in [0, 0.1) is 0 Å². The summed E-state index contributed by atoms with van der Waals surface area (Å²) < 4.78 is 4.73. The normalized spacial score (nSPS) is 16.6. The SMILES string of the molecule is COC(=O)c1ccc2cc(C3(C)CC3)ccc2c1. The van der Waals surface area contributed by atoms with E-state index in [0.29, 0.717) is 11.0 Å². The molecule has 2 aromatic carbocycles. The lowest BCUT2D eigenvalue weighted by molar-refractivity contribution is 0.0601. The van der Waals surface area contributed by atoms with Gasteiger partial charge in [0.1, 0.15) is 0 Å². The van der Waals surface area contributed by atoms with Crippen molar-refractivity contribution >= 4 is 16.7 Å². The highest BCUT2D eigenvalue weighted by Gasteiger charge is 2.38. The highest BCUT2D eigenvalue weighted by molar-refractivity contribution is 5.95. The second kappa shape index (κ2) is 3.84. The van der Waals surface area contributed by atoms with Gasteiger partial charge in [0.15, 0.2) is 0 Å². The molecule has 0 amide bonds. The summed E-state index contributed by atoms with van der Waals surface area (Å²) in [6.45, 7) is 2.30. The van der Waals surface area contributed by atoms with Gasteiger partial charge in [0.05, 0.1) is 12.7 Å². The van der Waals surface area contributed by atoms with Crippen LogP contribution in [0.3, 0.4) is 0 Å². The van der Waals surface area contributed by atoms with Gasteiger partial charge in [-0.3, -0.25) is 0 Å². The summed E-state index contributed by atoms with van der Waals surface area (Å²) in [4.78, 5) is 11.5. The molecule has 1 aliphatic carbocycles. The Balaban J connectivity index is 2.06. The van der Waals surface area contributed by atoms with E-state index in [1.807, 2.05) is 18.2 Å². The number of benzene rings is 2. The Bertz CT molecular complexity index is 624. The Kier molecular flexibility index (Phi) is 2.40. The molecular weight excluding hydrogens is 224 g/mol. The topological polar surface area (TPSA) is 26.3 Å². The lowest BCUT2D eigenvalue weighted by Crippen LogP contribution is -2.01. The Hall–Kier alpha value is -1.83. The standard InChI is InChI=1S/C16H16O2/c1-16(7-8-16)14-6-5-11-9-13(15(17)18-2)4-3-12(11)10-14/h3-6,9-10H,7-8H2,1-2H3. The summed E-state index contributed by atoms with van der Waals surface area (Å²) in [6, 6.07) is 12.2. The first-order valence-electron chi connectivity index (χ1n) is 6.25. The van der Waals surface area contributed by atoms with E-state index in [1.165, 1.54) is 30.9 Å². The summed E-state index contributed by atoms with van der Waals surface area (Å²) >= 11 is 0. The fourth-order valence-corrected chi connectivity index (χ4v) is 2.34. The molecule has 1 fully saturated rings. The number of esters is 1. The highest BCUT2D eigenvalue weighted by Crippen LogP contribution is 2.48. The lowest BCUT2D eigenvalue weighted by Gasteiger charge is -2.10. The third-order valence-corrected chi connectivity index (χ3v) is 3.96. The third kappa shape index (κ3) is 1.78. The molecule has 92 valence electrons. The zero-order valence-corrected chi connectivity index (χ0v) is 10.7. The quantitative estimate of drug-likeness (QED) is 0.748. The molecule has 2 nitrogen and oxygen atoms in total. The van der Waals surface area contributed by atoms with Crippen molar-refractivity contribution in [1.82, 2.24) is 0 Å². The smallest absolute Gasteiger partial charge is 0.337 e. The molecule has 18 heavy (non-hydrogen) atoms. The molecular formula is C16H16O2. The van der Waals surface area contributed by atoms with E-state index in [4.69, 9.17) is 4.74 Å². The van der Waals surface area contributed by atoms with Crippen molar-refractivity contribution < 1.29 is 9.53 Å². The predicted molar refractivity (Wildman–Crippen MR) is 71.9 cm³/mol. The van der Waals surface area contributed by atoms with Gasteiger partial charge in [-0.2, -0.15) is 0 Å². The number of carbonyl (C=O) groups is 1. The van der Waals surface area contributed by atoms with Crippen LogP contribution in [0.4, 0.5) is 0 Å². The van der Waals surface area contributed by atoms with Crippen molar-refractivity contribution in [2.75, 3.05) is 7.11 Å². The van der Waals surface area contributed by atoms with Crippen molar-refractivity contribution in [3.05, 3.63) is 47.5 Å². The van der Waals surface area contributed by atoms with E-state index in [1.54, 1.807) is 0 Å². The maximum atomic E-state index is 11.5. The molecule has 0 unspecified atom stereocenters. The molecule has 0 bridgehead atoms. The van der Waals surface area contributed by atoms with Gasteiger partial charge in [0.25, 0.3) is 0 Å². The molecule has 2 heteroatoms. The zero-order valence-electron chi connectivity index (χ0n) is 10.7. The number of methoxy groups -OCH3 is 1. The number of ether oxygens (including phenoxy) is 1. The minimum absolute atomic E-state index is 0.282. The molecule has 0 spiro atoms. The van der Waals surface area contributed by atoms with Gasteiger partial charge in [-0.25, -0.2) is 4.79 Å². The van der Waals surface area contributed by atoms with Crippen LogP contribution in [0.15, 0.2) is 36.4 Å². The van der Waals surface area contributed by atoms with Gasteiger partial charge in [-0.15, -0.1) is 0 Å². The molecule has 0 atom stereocenters. The van der Waals surface area contributed by atoms with E-state index in [2.05, 4.69) is 25.1 Å². The van der Waals surface area contributed by atoms with Gasteiger partial charge in [-0.1, -0.05) is 31.2 Å². The van der Waals surface area contributed by atoms with Crippen LogP contribution in [0.1, 0.15) is 35.7 Å². The van der Waals surface area contributed by atoms with Gasteiger partial charge in [0, 0.05) is 0 Å². The van der Waals surface area contributed by atoms with Gasteiger partial charge in [-0.05, 0) is 46.7 Å². The monoisotopic (exact) mass is 240 g/mol. The number of hydrogen-bond donors (Lipinski definition) is 0. The molecule has 0 N–H and O–H groups in total. The van der Waals surface area contributed by atoms with Crippen molar-refractivity contribution in [3.8, 4) is 0 Å². The fourth-order valence-electron chi connectivity index (χ4n) is 2.34.